The lowest BCUT2D eigenvalue weighted by Gasteiger charge is -2.35. The van der Waals surface area contributed by atoms with Gasteiger partial charge in [-0.15, -0.1) is 11.6 Å². The molecule has 0 N–H and O–H groups in total. The number of rotatable bonds is 4. The number of carbonyl (C=O) groups excluding carboxylic acids is 1. The molecular formula is C15H19ClN2O3. The zero-order valence-corrected chi connectivity index (χ0v) is 12.8. The van der Waals surface area contributed by atoms with Gasteiger partial charge in [-0.1, -0.05) is 0 Å². The van der Waals surface area contributed by atoms with Crippen molar-refractivity contribution in [2.24, 2.45) is 0 Å². The SMILES string of the molecule is Cc1cc(C(=O)N2CCCCC2CCCl)cc([N+](=O)[O-])c1. The summed E-state index contributed by atoms with van der Waals surface area (Å²) in [5.41, 5.74) is 1.07. The van der Waals surface area contributed by atoms with Gasteiger partial charge in [0, 0.05) is 36.2 Å². The second-order valence-electron chi connectivity index (χ2n) is 5.44. The van der Waals surface area contributed by atoms with Crippen LogP contribution in [0, 0.1) is 17.0 Å². The summed E-state index contributed by atoms with van der Waals surface area (Å²) < 4.78 is 0. The minimum atomic E-state index is -0.462. The van der Waals surface area contributed by atoms with E-state index in [-0.39, 0.29) is 17.6 Å². The number of piperidine rings is 1. The van der Waals surface area contributed by atoms with Crippen LogP contribution >= 0.6 is 11.6 Å². The summed E-state index contributed by atoms with van der Waals surface area (Å²) in [5, 5.41) is 10.9. The molecule has 0 aliphatic carbocycles. The first kappa shape index (κ1) is 15.8. The van der Waals surface area contributed by atoms with Crippen molar-refractivity contribution in [3.63, 3.8) is 0 Å². The van der Waals surface area contributed by atoms with Crippen molar-refractivity contribution < 1.29 is 9.72 Å². The molecule has 0 saturated carbocycles. The van der Waals surface area contributed by atoms with E-state index in [0.717, 1.165) is 31.2 Å². The zero-order valence-electron chi connectivity index (χ0n) is 12.0. The van der Waals surface area contributed by atoms with Crippen LogP contribution in [0.3, 0.4) is 0 Å². The van der Waals surface area contributed by atoms with E-state index in [0.29, 0.717) is 18.0 Å². The van der Waals surface area contributed by atoms with E-state index < -0.39 is 4.92 Å². The monoisotopic (exact) mass is 310 g/mol. The number of halogens is 1. The van der Waals surface area contributed by atoms with Gasteiger partial charge < -0.3 is 4.90 Å². The van der Waals surface area contributed by atoms with E-state index in [1.807, 2.05) is 4.90 Å². The van der Waals surface area contributed by atoms with Crippen LogP contribution in [-0.4, -0.2) is 34.2 Å². The lowest BCUT2D eigenvalue weighted by Crippen LogP contribution is -2.44. The third-order valence-electron chi connectivity index (χ3n) is 3.85. The normalized spacial score (nSPS) is 18.6. The summed E-state index contributed by atoms with van der Waals surface area (Å²) in [5.74, 6) is 0.388. The van der Waals surface area contributed by atoms with Gasteiger partial charge in [-0.05, 0) is 44.2 Å². The van der Waals surface area contributed by atoms with E-state index in [4.69, 9.17) is 11.6 Å². The Morgan fingerprint density at radius 3 is 2.86 bits per heavy atom. The van der Waals surface area contributed by atoms with Crippen molar-refractivity contribution >= 4 is 23.2 Å². The van der Waals surface area contributed by atoms with Crippen LogP contribution in [0.2, 0.25) is 0 Å². The van der Waals surface area contributed by atoms with Crippen molar-refractivity contribution in [3.8, 4) is 0 Å². The Bertz CT molecular complexity index is 546. The maximum absolute atomic E-state index is 12.7. The fourth-order valence-electron chi connectivity index (χ4n) is 2.85. The minimum absolute atomic E-state index is 0.0377. The Morgan fingerprint density at radius 1 is 1.43 bits per heavy atom. The number of nitrogens with zero attached hydrogens (tertiary/aromatic N) is 2. The molecule has 1 atom stereocenters. The molecule has 1 aromatic carbocycles. The summed E-state index contributed by atoms with van der Waals surface area (Å²) in [6, 6.07) is 4.69. The number of non-ortho nitro benzene ring substituents is 1. The molecule has 0 radical (unpaired) electrons. The molecule has 1 aromatic rings. The average molecular weight is 311 g/mol. The van der Waals surface area contributed by atoms with Gasteiger partial charge in [0.1, 0.15) is 0 Å². The van der Waals surface area contributed by atoms with Gasteiger partial charge >= 0.3 is 0 Å². The summed E-state index contributed by atoms with van der Waals surface area (Å²) >= 11 is 5.82. The smallest absolute Gasteiger partial charge is 0.270 e. The maximum Gasteiger partial charge on any atom is 0.270 e. The van der Waals surface area contributed by atoms with E-state index in [2.05, 4.69) is 0 Å². The number of hydrogen-bond donors (Lipinski definition) is 0. The van der Waals surface area contributed by atoms with Gasteiger partial charge in [-0.3, -0.25) is 14.9 Å². The Morgan fingerprint density at radius 2 is 2.19 bits per heavy atom. The van der Waals surface area contributed by atoms with Crippen LogP contribution in [0.5, 0.6) is 0 Å². The number of carbonyl (C=O) groups is 1. The van der Waals surface area contributed by atoms with Crippen LogP contribution in [-0.2, 0) is 0 Å². The van der Waals surface area contributed by atoms with Crippen molar-refractivity contribution in [2.45, 2.75) is 38.6 Å². The molecule has 1 saturated heterocycles. The summed E-state index contributed by atoms with van der Waals surface area (Å²) in [6.45, 7) is 2.46. The van der Waals surface area contributed by atoms with E-state index in [1.165, 1.54) is 12.1 Å². The Balaban J connectivity index is 2.27. The number of aryl methyl sites for hydroxylation is 1. The Labute approximate surface area is 129 Å². The first-order chi connectivity index (χ1) is 10.0. The van der Waals surface area contributed by atoms with Gasteiger partial charge in [0.25, 0.3) is 11.6 Å². The predicted octanol–water partition coefficient (Wildman–Crippen LogP) is 3.53. The molecule has 1 fully saturated rings. The summed E-state index contributed by atoms with van der Waals surface area (Å²) in [7, 11) is 0. The summed E-state index contributed by atoms with van der Waals surface area (Å²) in [6.07, 6.45) is 3.78. The van der Waals surface area contributed by atoms with E-state index in [9.17, 15) is 14.9 Å². The van der Waals surface area contributed by atoms with E-state index >= 15 is 0 Å². The molecule has 6 heteroatoms. The highest BCUT2D eigenvalue weighted by molar-refractivity contribution is 6.17. The molecule has 0 aromatic heterocycles. The van der Waals surface area contributed by atoms with Crippen LogP contribution in [0.15, 0.2) is 18.2 Å². The lowest BCUT2D eigenvalue weighted by molar-refractivity contribution is -0.384. The first-order valence-corrected chi connectivity index (χ1v) is 7.69. The average Bonchev–Trinajstić information content (AvgIpc) is 2.47. The molecular weight excluding hydrogens is 292 g/mol. The Hall–Kier alpha value is -1.62. The van der Waals surface area contributed by atoms with Crippen LogP contribution < -0.4 is 0 Å². The number of amides is 1. The topological polar surface area (TPSA) is 63.5 Å². The molecule has 114 valence electrons. The molecule has 0 bridgehead atoms. The molecule has 0 spiro atoms. The van der Waals surface area contributed by atoms with Crippen molar-refractivity contribution in [3.05, 3.63) is 39.4 Å². The largest absolute Gasteiger partial charge is 0.336 e. The fraction of sp³-hybridized carbons (Fsp3) is 0.533. The number of likely N-dealkylation sites (tertiary alicyclic amines) is 1. The van der Waals surface area contributed by atoms with Crippen molar-refractivity contribution in [2.75, 3.05) is 12.4 Å². The van der Waals surface area contributed by atoms with Gasteiger partial charge in [0.05, 0.1) is 4.92 Å². The molecule has 5 nitrogen and oxygen atoms in total. The summed E-state index contributed by atoms with van der Waals surface area (Å²) in [4.78, 5) is 25.0. The number of hydrogen-bond acceptors (Lipinski definition) is 3. The third kappa shape index (κ3) is 3.73. The van der Waals surface area contributed by atoms with Gasteiger partial charge in [-0.25, -0.2) is 0 Å². The zero-order chi connectivity index (χ0) is 15.4. The maximum atomic E-state index is 12.7. The standard InChI is InChI=1S/C15H19ClN2O3/c1-11-8-12(10-14(9-11)18(20)21)15(19)17-7-3-2-4-13(17)5-6-16/h8-10,13H,2-7H2,1H3. The van der Waals surface area contributed by atoms with Crippen molar-refractivity contribution in [1.82, 2.24) is 4.90 Å². The number of benzene rings is 1. The van der Waals surface area contributed by atoms with Crippen molar-refractivity contribution in [1.29, 1.82) is 0 Å². The first-order valence-electron chi connectivity index (χ1n) is 7.16. The van der Waals surface area contributed by atoms with Crippen LogP contribution in [0.25, 0.3) is 0 Å². The lowest BCUT2D eigenvalue weighted by atomic mass is 9.98. The molecule has 1 amide bonds. The van der Waals surface area contributed by atoms with Gasteiger partial charge in [0.15, 0.2) is 0 Å². The third-order valence-corrected chi connectivity index (χ3v) is 4.07. The molecule has 2 rings (SSSR count). The van der Waals surface area contributed by atoms with Gasteiger partial charge in [0.2, 0.25) is 0 Å². The highest BCUT2D eigenvalue weighted by atomic mass is 35.5. The van der Waals surface area contributed by atoms with E-state index in [1.54, 1.807) is 13.0 Å². The molecule has 1 aliphatic heterocycles. The molecule has 21 heavy (non-hydrogen) atoms. The highest BCUT2D eigenvalue weighted by Crippen LogP contribution is 2.24. The number of alkyl halides is 1. The number of nitro groups is 1. The second-order valence-corrected chi connectivity index (χ2v) is 5.82. The molecule has 1 unspecified atom stereocenters. The molecule has 1 heterocycles. The second kappa shape index (κ2) is 6.89. The quantitative estimate of drug-likeness (QED) is 0.485. The fourth-order valence-corrected chi connectivity index (χ4v) is 3.10. The van der Waals surface area contributed by atoms with Crippen LogP contribution in [0.1, 0.15) is 41.6 Å². The Kier molecular flexibility index (Phi) is 5.17. The number of nitro benzene ring substituents is 1. The minimum Gasteiger partial charge on any atom is -0.336 e. The highest BCUT2D eigenvalue weighted by Gasteiger charge is 2.27. The predicted molar refractivity (Wildman–Crippen MR) is 81.8 cm³/mol. The van der Waals surface area contributed by atoms with Gasteiger partial charge in [-0.2, -0.15) is 0 Å². The van der Waals surface area contributed by atoms with Crippen LogP contribution in [0.4, 0.5) is 5.69 Å². The molecule has 1 aliphatic rings.